The van der Waals surface area contributed by atoms with Gasteiger partial charge in [-0.25, -0.2) is 0 Å². The van der Waals surface area contributed by atoms with Crippen LogP contribution in [0, 0.1) is 0 Å². The van der Waals surface area contributed by atoms with Gasteiger partial charge in [-0.2, -0.15) is 0 Å². The Morgan fingerprint density at radius 1 is 0.957 bits per heavy atom. The molecule has 4 nitrogen and oxygen atoms in total. The summed E-state index contributed by atoms with van der Waals surface area (Å²) >= 11 is 0. The zero-order valence-electron chi connectivity index (χ0n) is 13.6. The first-order chi connectivity index (χ1) is 11.1. The molecule has 120 valence electrons. The molecule has 23 heavy (non-hydrogen) atoms. The van der Waals surface area contributed by atoms with Crippen LogP contribution >= 0.6 is 0 Å². The van der Waals surface area contributed by atoms with Gasteiger partial charge < -0.3 is 14.8 Å². The maximum atomic E-state index is 11.7. The molecule has 0 aromatic heterocycles. The minimum atomic E-state index is -0.134. The molecule has 0 saturated carbocycles. The van der Waals surface area contributed by atoms with E-state index in [1.165, 1.54) is 0 Å². The molecule has 0 unspecified atom stereocenters. The molecule has 2 rings (SSSR count). The molecule has 1 amide bonds. The Hall–Kier alpha value is -2.75. The molecular formula is C19H21NO3. The molecule has 0 heterocycles. The summed E-state index contributed by atoms with van der Waals surface area (Å²) in [6.07, 6.45) is 1.56. The normalized spacial score (nSPS) is 9.87. The lowest BCUT2D eigenvalue weighted by atomic mass is 10.2. The van der Waals surface area contributed by atoms with E-state index in [1.54, 1.807) is 18.2 Å². The van der Waals surface area contributed by atoms with Crippen molar-refractivity contribution in [3.63, 3.8) is 0 Å². The van der Waals surface area contributed by atoms with Crippen LogP contribution in [0.4, 0.5) is 5.69 Å². The molecule has 0 aliphatic carbocycles. The summed E-state index contributed by atoms with van der Waals surface area (Å²) in [6, 6.07) is 14.7. The first-order valence-corrected chi connectivity index (χ1v) is 7.53. The number of hydrogen-bond donors (Lipinski definition) is 1. The molecule has 0 saturated heterocycles. The summed E-state index contributed by atoms with van der Waals surface area (Å²) in [6.45, 7) is 6.35. The third-order valence-electron chi connectivity index (χ3n) is 2.91. The molecule has 0 spiro atoms. The lowest BCUT2D eigenvalue weighted by molar-refractivity contribution is -0.111. The zero-order valence-corrected chi connectivity index (χ0v) is 13.6. The minimum absolute atomic E-state index is 0.134. The highest BCUT2D eigenvalue weighted by molar-refractivity contribution is 5.99. The van der Waals surface area contributed by atoms with Gasteiger partial charge in [0, 0.05) is 11.8 Å². The Kier molecular flexibility index (Phi) is 5.80. The maximum absolute atomic E-state index is 11.7. The predicted octanol–water partition coefficient (Wildman–Crippen LogP) is 4.78. The van der Waals surface area contributed by atoms with Gasteiger partial charge >= 0.3 is 0 Å². The van der Waals surface area contributed by atoms with Gasteiger partial charge in [0.05, 0.1) is 6.61 Å². The summed E-state index contributed by atoms with van der Waals surface area (Å²) < 4.78 is 11.1. The van der Waals surface area contributed by atoms with Gasteiger partial charge in [-0.3, -0.25) is 4.79 Å². The average molecular weight is 311 g/mol. The first kappa shape index (κ1) is 16.6. The van der Waals surface area contributed by atoms with E-state index < -0.39 is 0 Å². The Labute approximate surface area is 136 Å². The third kappa shape index (κ3) is 5.51. The van der Waals surface area contributed by atoms with E-state index >= 15 is 0 Å². The van der Waals surface area contributed by atoms with Crippen LogP contribution in [0.1, 0.15) is 20.8 Å². The second-order valence-electron chi connectivity index (χ2n) is 5.24. The number of allylic oxidation sites excluding steroid dienone is 1. The topological polar surface area (TPSA) is 47.6 Å². The number of carbonyl (C=O) groups excluding carboxylic acids is 1. The molecule has 4 heteroatoms. The van der Waals surface area contributed by atoms with Crippen molar-refractivity contribution in [2.24, 2.45) is 0 Å². The lowest BCUT2D eigenvalue weighted by Crippen LogP contribution is -2.08. The molecule has 2 aromatic rings. The summed E-state index contributed by atoms with van der Waals surface area (Å²) in [5, 5.41) is 2.80. The number of ether oxygens (including phenoxy) is 2. The van der Waals surface area contributed by atoms with Gasteiger partial charge in [-0.15, -0.1) is 0 Å². The van der Waals surface area contributed by atoms with Gasteiger partial charge in [0.2, 0.25) is 5.91 Å². The predicted molar refractivity (Wildman–Crippen MR) is 92.2 cm³/mol. The number of hydrogen-bond acceptors (Lipinski definition) is 3. The van der Waals surface area contributed by atoms with Crippen LogP contribution in [0.5, 0.6) is 17.2 Å². The molecule has 0 radical (unpaired) electrons. The fraction of sp³-hybridized carbons (Fsp3) is 0.211. The van der Waals surface area contributed by atoms with Crippen molar-refractivity contribution in [3.8, 4) is 17.2 Å². The quantitative estimate of drug-likeness (QED) is 0.781. The van der Waals surface area contributed by atoms with Crippen molar-refractivity contribution in [3.05, 3.63) is 60.2 Å². The molecule has 0 fully saturated rings. The van der Waals surface area contributed by atoms with E-state index in [2.05, 4.69) is 5.32 Å². The van der Waals surface area contributed by atoms with Gasteiger partial charge in [-0.05, 0) is 69.3 Å². The summed E-state index contributed by atoms with van der Waals surface area (Å²) in [5.74, 6) is 2.12. The Morgan fingerprint density at radius 3 is 2.00 bits per heavy atom. The SMILES string of the molecule is CCOc1ccc(Oc2ccc(NC(=O)C=C(C)C)cc2)cc1. The maximum Gasteiger partial charge on any atom is 0.248 e. The summed E-state index contributed by atoms with van der Waals surface area (Å²) in [7, 11) is 0. The smallest absolute Gasteiger partial charge is 0.248 e. The molecular weight excluding hydrogens is 290 g/mol. The highest BCUT2D eigenvalue weighted by Gasteiger charge is 2.01. The van der Waals surface area contributed by atoms with Crippen molar-refractivity contribution < 1.29 is 14.3 Å². The standard InChI is InChI=1S/C19H21NO3/c1-4-22-16-9-11-18(12-10-16)23-17-7-5-15(6-8-17)20-19(21)13-14(2)3/h5-13H,4H2,1-3H3,(H,20,21). The van der Waals surface area contributed by atoms with E-state index in [-0.39, 0.29) is 5.91 Å². The van der Waals surface area contributed by atoms with Gasteiger partial charge in [0.25, 0.3) is 0 Å². The number of benzene rings is 2. The van der Waals surface area contributed by atoms with E-state index in [0.717, 1.165) is 22.8 Å². The fourth-order valence-corrected chi connectivity index (χ4v) is 1.95. The third-order valence-corrected chi connectivity index (χ3v) is 2.91. The Bertz CT molecular complexity index is 669. The second kappa shape index (κ2) is 8.03. The van der Waals surface area contributed by atoms with Crippen LogP contribution in [-0.2, 0) is 4.79 Å². The van der Waals surface area contributed by atoms with E-state index in [4.69, 9.17) is 9.47 Å². The zero-order chi connectivity index (χ0) is 16.7. The minimum Gasteiger partial charge on any atom is -0.494 e. The number of amides is 1. The van der Waals surface area contributed by atoms with Crippen molar-refractivity contribution >= 4 is 11.6 Å². The fourth-order valence-electron chi connectivity index (χ4n) is 1.95. The van der Waals surface area contributed by atoms with Crippen LogP contribution in [0.3, 0.4) is 0 Å². The first-order valence-electron chi connectivity index (χ1n) is 7.53. The largest absolute Gasteiger partial charge is 0.494 e. The highest BCUT2D eigenvalue weighted by Crippen LogP contribution is 2.25. The highest BCUT2D eigenvalue weighted by atomic mass is 16.5. The van der Waals surface area contributed by atoms with Crippen molar-refractivity contribution in [1.29, 1.82) is 0 Å². The number of rotatable bonds is 6. The molecule has 0 aliphatic heterocycles. The van der Waals surface area contributed by atoms with Gasteiger partial charge in [0.15, 0.2) is 0 Å². The van der Waals surface area contributed by atoms with E-state index in [0.29, 0.717) is 12.4 Å². The number of carbonyl (C=O) groups is 1. The van der Waals surface area contributed by atoms with Crippen molar-refractivity contribution in [1.82, 2.24) is 0 Å². The van der Waals surface area contributed by atoms with Crippen LogP contribution in [0.25, 0.3) is 0 Å². The second-order valence-corrected chi connectivity index (χ2v) is 5.24. The Morgan fingerprint density at radius 2 is 1.48 bits per heavy atom. The van der Waals surface area contributed by atoms with E-state index in [9.17, 15) is 4.79 Å². The van der Waals surface area contributed by atoms with E-state index in [1.807, 2.05) is 57.2 Å². The van der Waals surface area contributed by atoms with Crippen LogP contribution in [-0.4, -0.2) is 12.5 Å². The van der Waals surface area contributed by atoms with Crippen LogP contribution in [0.2, 0.25) is 0 Å². The average Bonchev–Trinajstić information content (AvgIpc) is 2.51. The Balaban J connectivity index is 1.97. The van der Waals surface area contributed by atoms with Crippen LogP contribution < -0.4 is 14.8 Å². The molecule has 0 bridgehead atoms. The monoisotopic (exact) mass is 311 g/mol. The van der Waals surface area contributed by atoms with Gasteiger partial charge in [0.1, 0.15) is 17.2 Å². The van der Waals surface area contributed by atoms with Gasteiger partial charge in [-0.1, -0.05) is 5.57 Å². The number of anilines is 1. The lowest BCUT2D eigenvalue weighted by Gasteiger charge is -2.08. The molecule has 0 atom stereocenters. The molecule has 0 aliphatic rings. The van der Waals surface area contributed by atoms with Crippen molar-refractivity contribution in [2.45, 2.75) is 20.8 Å². The summed E-state index contributed by atoms with van der Waals surface area (Å²) in [4.78, 5) is 11.7. The number of nitrogens with one attached hydrogen (secondary N) is 1. The molecule has 2 aromatic carbocycles. The van der Waals surface area contributed by atoms with Crippen molar-refractivity contribution in [2.75, 3.05) is 11.9 Å². The van der Waals surface area contributed by atoms with Crippen LogP contribution in [0.15, 0.2) is 60.2 Å². The summed E-state index contributed by atoms with van der Waals surface area (Å²) in [5.41, 5.74) is 1.68. The molecule has 1 N–H and O–H groups in total.